The van der Waals surface area contributed by atoms with Crippen LogP contribution in [0.15, 0.2) is 24.3 Å². The summed E-state index contributed by atoms with van der Waals surface area (Å²) in [5.41, 5.74) is 0. The van der Waals surface area contributed by atoms with Crippen molar-refractivity contribution < 1.29 is 19.8 Å². The van der Waals surface area contributed by atoms with E-state index in [0.717, 1.165) is 0 Å². The summed E-state index contributed by atoms with van der Waals surface area (Å²) in [7, 11) is 0. The molecule has 0 aromatic rings. The third-order valence-corrected chi connectivity index (χ3v) is 2.10. The molecule has 0 radical (unpaired) electrons. The van der Waals surface area contributed by atoms with Crippen molar-refractivity contribution in [3.05, 3.63) is 24.3 Å². The van der Waals surface area contributed by atoms with Crippen molar-refractivity contribution in [1.82, 2.24) is 10.6 Å². The van der Waals surface area contributed by atoms with Crippen molar-refractivity contribution in [2.45, 2.75) is 26.1 Å². The lowest BCUT2D eigenvalue weighted by atomic mass is 10.1. The maximum absolute atomic E-state index is 11.3. The Balaban J connectivity index is 4.17. The van der Waals surface area contributed by atoms with Gasteiger partial charge in [-0.2, -0.15) is 0 Å². The van der Waals surface area contributed by atoms with Crippen LogP contribution in [0.4, 0.5) is 0 Å². The van der Waals surface area contributed by atoms with E-state index in [-0.39, 0.29) is 13.1 Å². The highest BCUT2D eigenvalue weighted by Gasteiger charge is 2.29. The lowest BCUT2D eigenvalue weighted by molar-refractivity contribution is -0.145. The van der Waals surface area contributed by atoms with Crippen molar-refractivity contribution >= 4 is 11.8 Å². The van der Waals surface area contributed by atoms with Crippen LogP contribution in [-0.4, -0.2) is 47.3 Å². The molecule has 0 rings (SSSR count). The minimum atomic E-state index is -1.78. The van der Waals surface area contributed by atoms with Crippen LogP contribution in [0, 0.1) is 0 Å². The number of hydrogen-bond donors (Lipinski definition) is 4. The number of rotatable bonds is 7. The molecule has 0 aliphatic carbocycles. The molecule has 0 heterocycles. The smallest absolute Gasteiger partial charge is 0.252 e. The quantitative estimate of drug-likeness (QED) is 0.443. The number of carbonyl (C=O) groups is 2. The lowest BCUT2D eigenvalue weighted by Gasteiger charge is -2.16. The zero-order valence-corrected chi connectivity index (χ0v) is 10.6. The third kappa shape index (κ3) is 6.17. The van der Waals surface area contributed by atoms with Crippen molar-refractivity contribution in [3.8, 4) is 0 Å². The van der Waals surface area contributed by atoms with E-state index in [1.165, 1.54) is 0 Å². The van der Waals surface area contributed by atoms with Crippen molar-refractivity contribution in [1.29, 1.82) is 0 Å². The van der Waals surface area contributed by atoms with Gasteiger partial charge in [-0.05, 0) is 13.8 Å². The lowest BCUT2D eigenvalue weighted by Crippen LogP contribution is -2.49. The number of aliphatic hydroxyl groups is 2. The van der Waals surface area contributed by atoms with Crippen LogP contribution < -0.4 is 10.6 Å². The maximum Gasteiger partial charge on any atom is 0.252 e. The van der Waals surface area contributed by atoms with Gasteiger partial charge < -0.3 is 20.8 Å². The molecule has 0 saturated carbocycles. The van der Waals surface area contributed by atoms with Crippen LogP contribution in [-0.2, 0) is 9.59 Å². The predicted molar refractivity (Wildman–Crippen MR) is 67.7 cm³/mol. The van der Waals surface area contributed by atoms with E-state index in [1.807, 2.05) is 0 Å². The molecular formula is C12H20N2O4. The Labute approximate surface area is 106 Å². The van der Waals surface area contributed by atoms with Gasteiger partial charge in [-0.1, -0.05) is 24.3 Å². The third-order valence-electron chi connectivity index (χ3n) is 2.10. The van der Waals surface area contributed by atoms with E-state index in [0.29, 0.717) is 0 Å². The number of hydrogen-bond acceptors (Lipinski definition) is 4. The molecular weight excluding hydrogens is 236 g/mol. The van der Waals surface area contributed by atoms with Crippen molar-refractivity contribution in [3.63, 3.8) is 0 Å². The molecule has 2 unspecified atom stereocenters. The average Bonchev–Trinajstić information content (AvgIpc) is 2.37. The molecule has 0 fully saturated rings. The Morgan fingerprint density at radius 2 is 1.28 bits per heavy atom. The molecule has 0 bridgehead atoms. The summed E-state index contributed by atoms with van der Waals surface area (Å²) in [4.78, 5) is 22.7. The Morgan fingerprint density at radius 1 is 0.944 bits per heavy atom. The Hall–Kier alpha value is -1.66. The Morgan fingerprint density at radius 3 is 1.56 bits per heavy atom. The van der Waals surface area contributed by atoms with Crippen LogP contribution in [0.5, 0.6) is 0 Å². The molecule has 0 spiro atoms. The molecule has 0 aliphatic heterocycles. The molecule has 0 aromatic carbocycles. The monoisotopic (exact) mass is 256 g/mol. The number of carbonyl (C=O) groups excluding carboxylic acids is 2. The standard InChI is InChI=1S/C12H20N2O4/c1-3-5-7-13-11(17)9(15)10(16)12(18)14-8-6-4-2/h3-6,9-10,15-16H,7-8H2,1-2H3,(H,13,17)(H,14,18)/b5-3+,6-4+. The van der Waals surface area contributed by atoms with E-state index < -0.39 is 24.0 Å². The summed E-state index contributed by atoms with van der Waals surface area (Å²) < 4.78 is 0. The molecule has 4 N–H and O–H groups in total. The fourth-order valence-corrected chi connectivity index (χ4v) is 1.05. The molecule has 6 nitrogen and oxygen atoms in total. The first-order valence-corrected chi connectivity index (χ1v) is 5.68. The number of amides is 2. The first-order valence-electron chi connectivity index (χ1n) is 5.68. The molecule has 0 aliphatic rings. The highest BCUT2D eigenvalue weighted by molar-refractivity contribution is 5.90. The van der Waals surface area contributed by atoms with Gasteiger partial charge in [-0.3, -0.25) is 9.59 Å². The van der Waals surface area contributed by atoms with Crippen molar-refractivity contribution in [2.75, 3.05) is 13.1 Å². The van der Waals surface area contributed by atoms with Gasteiger partial charge in [0.25, 0.3) is 11.8 Å². The fourth-order valence-electron chi connectivity index (χ4n) is 1.05. The van der Waals surface area contributed by atoms with Gasteiger partial charge >= 0.3 is 0 Å². The summed E-state index contributed by atoms with van der Waals surface area (Å²) in [6, 6.07) is 0. The van der Waals surface area contributed by atoms with Gasteiger partial charge in [-0.15, -0.1) is 0 Å². The van der Waals surface area contributed by atoms with Gasteiger partial charge in [0.05, 0.1) is 0 Å². The Bertz CT molecular complexity index is 294. The summed E-state index contributed by atoms with van der Waals surface area (Å²) in [5, 5.41) is 23.6. The van der Waals surface area contributed by atoms with E-state index in [9.17, 15) is 19.8 Å². The summed E-state index contributed by atoms with van der Waals surface area (Å²) in [6.07, 6.45) is 3.24. The SMILES string of the molecule is C/C=C/CNC(=O)C(O)C(O)C(=O)NC/C=C/C. The molecule has 0 saturated heterocycles. The van der Waals surface area contributed by atoms with Crippen LogP contribution >= 0.6 is 0 Å². The van der Waals surface area contributed by atoms with Crippen LogP contribution in [0.1, 0.15) is 13.8 Å². The number of aliphatic hydroxyl groups excluding tert-OH is 2. The molecule has 2 amide bonds. The first kappa shape index (κ1) is 16.3. The predicted octanol–water partition coefficient (Wildman–Crippen LogP) is -0.907. The second-order valence-corrected chi connectivity index (χ2v) is 3.52. The number of nitrogens with one attached hydrogen (secondary N) is 2. The molecule has 18 heavy (non-hydrogen) atoms. The van der Waals surface area contributed by atoms with E-state index >= 15 is 0 Å². The van der Waals surface area contributed by atoms with E-state index in [4.69, 9.17) is 0 Å². The first-order chi connectivity index (χ1) is 8.54. The van der Waals surface area contributed by atoms with Crippen LogP contribution in [0.2, 0.25) is 0 Å². The van der Waals surface area contributed by atoms with Gasteiger partial charge in [0.15, 0.2) is 12.2 Å². The molecule has 6 heteroatoms. The minimum Gasteiger partial charge on any atom is -0.380 e. The minimum absolute atomic E-state index is 0.235. The van der Waals surface area contributed by atoms with Crippen LogP contribution in [0.25, 0.3) is 0 Å². The highest BCUT2D eigenvalue weighted by atomic mass is 16.3. The molecule has 0 aromatic heterocycles. The summed E-state index contributed by atoms with van der Waals surface area (Å²) >= 11 is 0. The van der Waals surface area contributed by atoms with Gasteiger partial charge in [-0.25, -0.2) is 0 Å². The van der Waals surface area contributed by atoms with Crippen molar-refractivity contribution in [2.24, 2.45) is 0 Å². The van der Waals surface area contributed by atoms with Crippen LogP contribution in [0.3, 0.4) is 0 Å². The normalized spacial score (nSPS) is 14.7. The largest absolute Gasteiger partial charge is 0.380 e. The van der Waals surface area contributed by atoms with Gasteiger partial charge in [0.1, 0.15) is 0 Å². The topological polar surface area (TPSA) is 98.7 Å². The van der Waals surface area contributed by atoms with E-state index in [1.54, 1.807) is 38.2 Å². The second-order valence-electron chi connectivity index (χ2n) is 3.52. The average molecular weight is 256 g/mol. The van der Waals surface area contributed by atoms with Gasteiger partial charge in [0.2, 0.25) is 0 Å². The summed E-state index contributed by atoms with van der Waals surface area (Å²) in [6.45, 7) is 4.04. The van der Waals surface area contributed by atoms with Gasteiger partial charge in [0, 0.05) is 13.1 Å². The molecule has 2 atom stereocenters. The highest BCUT2D eigenvalue weighted by Crippen LogP contribution is 1.94. The fraction of sp³-hybridized carbons (Fsp3) is 0.500. The number of allylic oxidation sites excluding steroid dienone is 2. The molecule has 102 valence electrons. The van der Waals surface area contributed by atoms with E-state index in [2.05, 4.69) is 10.6 Å². The Kier molecular flexibility index (Phi) is 8.51. The second kappa shape index (κ2) is 9.38. The zero-order valence-electron chi connectivity index (χ0n) is 10.6. The zero-order chi connectivity index (χ0) is 14.0. The summed E-state index contributed by atoms with van der Waals surface area (Å²) in [5.74, 6) is -1.58. The maximum atomic E-state index is 11.3.